The van der Waals surface area contributed by atoms with Crippen molar-refractivity contribution in [3.63, 3.8) is 0 Å². The first kappa shape index (κ1) is 39.0. The molecule has 0 bridgehead atoms. The van der Waals surface area contributed by atoms with Crippen molar-refractivity contribution in [2.75, 3.05) is 32.7 Å². The Morgan fingerprint density at radius 3 is 1.98 bits per heavy atom. The topological polar surface area (TPSA) is 284 Å². The monoisotopic (exact) mass is 612 g/mol. The van der Waals surface area contributed by atoms with Gasteiger partial charge in [0.1, 0.15) is 18.1 Å². The van der Waals surface area contributed by atoms with Gasteiger partial charge in [0.15, 0.2) is 0 Å². The molecule has 10 N–H and O–H groups in total. The molecule has 0 saturated carbocycles. The van der Waals surface area contributed by atoms with Gasteiger partial charge in [0, 0.05) is 30.8 Å². The Morgan fingerprint density at radius 1 is 0.744 bits per heavy atom. The molecule has 0 aromatic carbocycles. The second-order valence-corrected chi connectivity index (χ2v) is 9.96. The van der Waals surface area contributed by atoms with Gasteiger partial charge in [-0.1, -0.05) is 11.5 Å². The van der Waals surface area contributed by atoms with Crippen molar-refractivity contribution in [1.29, 1.82) is 0 Å². The molecule has 0 spiro atoms. The number of carbonyl (C=O) groups is 6. The molecule has 244 valence electrons. The first-order chi connectivity index (χ1) is 20.5. The van der Waals surface area contributed by atoms with E-state index in [-0.39, 0.29) is 38.3 Å². The van der Waals surface area contributed by atoms with Crippen LogP contribution in [-0.2, 0) is 28.8 Å². The Labute approximate surface area is 251 Å². The Hall–Kier alpha value is -3.95. The molecular formula is C26H48N10O7. The van der Waals surface area contributed by atoms with E-state index in [1.54, 1.807) is 0 Å². The van der Waals surface area contributed by atoms with Gasteiger partial charge < -0.3 is 43.2 Å². The molecule has 0 aliphatic carbocycles. The molecule has 0 aromatic heterocycles. The van der Waals surface area contributed by atoms with E-state index in [2.05, 4.69) is 36.6 Å². The number of nitrogens with zero attached hydrogens (tertiary/aromatic N) is 3. The average Bonchev–Trinajstić information content (AvgIpc) is 2.96. The van der Waals surface area contributed by atoms with Crippen LogP contribution in [0, 0.1) is 0 Å². The van der Waals surface area contributed by atoms with Crippen LogP contribution in [0.1, 0.15) is 77.6 Å². The molecule has 0 aromatic rings. The second-order valence-electron chi connectivity index (χ2n) is 9.96. The number of azide groups is 1. The number of rotatable bonds is 25. The molecule has 0 rings (SSSR count). The standard InChI is InChI=1S/C26H48N10O7/c1-18(33-22(38)12-16-32-36-29)24(40)35-19(9-4-6-13-27)25(41)31-17-23(39)30-15-8-2-3-11-21(37)34-20(26(42)43)10-5-7-14-28/h18-20H,2-17,27-28H2,1H3,(H,30,39)(H,31,41)(H,33,38)(H,34,37)(H,35,40)(H,42,43)/t18-,19-,20-/m0/s1. The van der Waals surface area contributed by atoms with E-state index in [4.69, 9.17) is 17.0 Å². The fourth-order valence-electron chi connectivity index (χ4n) is 3.82. The molecule has 0 aliphatic rings. The van der Waals surface area contributed by atoms with Crippen molar-refractivity contribution in [2.24, 2.45) is 16.6 Å². The van der Waals surface area contributed by atoms with Gasteiger partial charge >= 0.3 is 5.97 Å². The number of nitrogens with two attached hydrogens (primary N) is 2. The molecular weight excluding hydrogens is 564 g/mol. The maximum atomic E-state index is 12.7. The highest BCUT2D eigenvalue weighted by Gasteiger charge is 2.24. The van der Waals surface area contributed by atoms with E-state index in [9.17, 15) is 33.9 Å². The summed E-state index contributed by atoms with van der Waals surface area (Å²) in [7, 11) is 0. The van der Waals surface area contributed by atoms with Gasteiger partial charge in [-0.05, 0) is 76.9 Å². The van der Waals surface area contributed by atoms with Gasteiger partial charge in [0.25, 0.3) is 0 Å². The van der Waals surface area contributed by atoms with Crippen molar-refractivity contribution in [1.82, 2.24) is 26.6 Å². The normalized spacial score (nSPS) is 12.5. The van der Waals surface area contributed by atoms with Crippen LogP contribution < -0.4 is 38.1 Å². The van der Waals surface area contributed by atoms with Crippen molar-refractivity contribution in [2.45, 2.75) is 95.7 Å². The Morgan fingerprint density at radius 2 is 1.37 bits per heavy atom. The van der Waals surface area contributed by atoms with E-state index < -0.39 is 47.7 Å². The molecule has 0 radical (unpaired) electrons. The highest BCUT2D eigenvalue weighted by molar-refractivity contribution is 5.93. The predicted octanol–water partition coefficient (Wildman–Crippen LogP) is -0.703. The van der Waals surface area contributed by atoms with E-state index in [1.165, 1.54) is 6.92 Å². The van der Waals surface area contributed by atoms with Gasteiger partial charge in [-0.3, -0.25) is 24.0 Å². The fraction of sp³-hybridized carbons (Fsp3) is 0.769. The molecule has 0 aliphatic heterocycles. The largest absolute Gasteiger partial charge is 0.480 e. The predicted molar refractivity (Wildman–Crippen MR) is 158 cm³/mol. The van der Waals surface area contributed by atoms with Crippen LogP contribution in [0.5, 0.6) is 0 Å². The summed E-state index contributed by atoms with van der Waals surface area (Å²) < 4.78 is 0. The lowest BCUT2D eigenvalue weighted by Gasteiger charge is -2.21. The molecule has 5 amide bonds. The SMILES string of the molecule is C[C@H](NC(=O)CCN=[N+]=[N-])C(=O)N[C@@H](CCCCN)C(=O)NCC(=O)NCCCCCC(=O)N[C@@H](CCCCN)C(=O)O. The fourth-order valence-corrected chi connectivity index (χ4v) is 3.82. The quantitative estimate of drug-likeness (QED) is 0.0279. The molecule has 0 fully saturated rings. The van der Waals surface area contributed by atoms with Gasteiger partial charge in [0.2, 0.25) is 29.5 Å². The first-order valence-corrected chi connectivity index (χ1v) is 14.6. The maximum Gasteiger partial charge on any atom is 0.326 e. The average molecular weight is 613 g/mol. The third-order valence-electron chi connectivity index (χ3n) is 6.26. The van der Waals surface area contributed by atoms with E-state index in [0.29, 0.717) is 71.0 Å². The summed E-state index contributed by atoms with van der Waals surface area (Å²) in [4.78, 5) is 75.2. The molecule has 3 atom stereocenters. The van der Waals surface area contributed by atoms with Crippen LogP contribution in [0.4, 0.5) is 0 Å². The summed E-state index contributed by atoms with van der Waals surface area (Å²) in [6.07, 6.45) is 4.88. The van der Waals surface area contributed by atoms with Gasteiger partial charge in [-0.15, -0.1) is 0 Å². The van der Waals surface area contributed by atoms with Gasteiger partial charge in [-0.25, -0.2) is 4.79 Å². The molecule has 17 heteroatoms. The highest BCUT2D eigenvalue weighted by atomic mass is 16.4. The number of amides is 5. The highest BCUT2D eigenvalue weighted by Crippen LogP contribution is 2.04. The zero-order valence-corrected chi connectivity index (χ0v) is 24.9. The van der Waals surface area contributed by atoms with Crippen LogP contribution in [0.2, 0.25) is 0 Å². The lowest BCUT2D eigenvalue weighted by atomic mass is 10.1. The van der Waals surface area contributed by atoms with Gasteiger partial charge in [-0.2, -0.15) is 0 Å². The number of aliphatic carboxylic acids is 1. The summed E-state index contributed by atoms with van der Waals surface area (Å²) in [5, 5.41) is 25.2. The van der Waals surface area contributed by atoms with Crippen LogP contribution in [0.25, 0.3) is 10.4 Å². The van der Waals surface area contributed by atoms with Crippen molar-refractivity contribution < 1.29 is 33.9 Å². The maximum absolute atomic E-state index is 12.7. The lowest BCUT2D eigenvalue weighted by molar-refractivity contribution is -0.142. The minimum absolute atomic E-state index is 0.0503. The summed E-state index contributed by atoms with van der Waals surface area (Å²) in [5.74, 6) is -3.49. The van der Waals surface area contributed by atoms with Crippen LogP contribution in [-0.4, -0.2) is 91.5 Å². The van der Waals surface area contributed by atoms with E-state index >= 15 is 0 Å². The summed E-state index contributed by atoms with van der Waals surface area (Å²) in [5.41, 5.74) is 19.2. The number of hydrogen-bond donors (Lipinski definition) is 8. The number of hydrogen-bond acceptors (Lipinski definition) is 9. The molecule has 43 heavy (non-hydrogen) atoms. The first-order valence-electron chi connectivity index (χ1n) is 14.6. The minimum atomic E-state index is -1.08. The van der Waals surface area contributed by atoms with E-state index in [0.717, 1.165) is 0 Å². The number of carboxylic acids is 1. The minimum Gasteiger partial charge on any atom is -0.480 e. The van der Waals surface area contributed by atoms with Crippen LogP contribution in [0.3, 0.4) is 0 Å². The van der Waals surface area contributed by atoms with E-state index in [1.807, 2.05) is 0 Å². The number of unbranched alkanes of at least 4 members (excludes halogenated alkanes) is 4. The molecule has 0 heterocycles. The van der Waals surface area contributed by atoms with Crippen LogP contribution >= 0.6 is 0 Å². The number of nitrogens with one attached hydrogen (secondary N) is 5. The summed E-state index contributed by atoms with van der Waals surface area (Å²) in [6.45, 7) is 2.28. The third kappa shape index (κ3) is 20.6. The van der Waals surface area contributed by atoms with Crippen LogP contribution in [0.15, 0.2) is 5.11 Å². The second kappa shape index (κ2) is 24.6. The Balaban J connectivity index is 4.46. The number of carbonyl (C=O) groups excluding carboxylic acids is 5. The Bertz CT molecular complexity index is 943. The van der Waals surface area contributed by atoms with Crippen molar-refractivity contribution in [3.8, 4) is 0 Å². The summed E-state index contributed by atoms with van der Waals surface area (Å²) >= 11 is 0. The molecule has 0 saturated heterocycles. The molecule has 17 nitrogen and oxygen atoms in total. The number of carboxylic acid groups (broad SMARTS) is 1. The van der Waals surface area contributed by atoms with Crippen molar-refractivity contribution in [3.05, 3.63) is 10.4 Å². The lowest BCUT2D eigenvalue weighted by Crippen LogP contribution is -2.53. The third-order valence-corrected chi connectivity index (χ3v) is 6.26. The smallest absolute Gasteiger partial charge is 0.326 e. The zero-order valence-electron chi connectivity index (χ0n) is 24.9. The summed E-state index contributed by atoms with van der Waals surface area (Å²) in [6, 6.07) is -2.83. The van der Waals surface area contributed by atoms with Crippen molar-refractivity contribution >= 4 is 35.5 Å². The van der Waals surface area contributed by atoms with Gasteiger partial charge in [0.05, 0.1) is 6.54 Å². The zero-order chi connectivity index (χ0) is 32.5. The Kier molecular flexibility index (Phi) is 22.4. The molecule has 0 unspecified atom stereocenters.